The molecule has 0 spiro atoms. The van der Waals surface area contributed by atoms with E-state index in [2.05, 4.69) is 32.6 Å². The highest BCUT2D eigenvalue weighted by Gasteiger charge is 2.45. The Morgan fingerprint density at radius 2 is 1.72 bits per heavy atom. The molecule has 0 unspecified atom stereocenters. The minimum Gasteiger partial charge on any atom is -0.491 e. The van der Waals surface area contributed by atoms with Crippen LogP contribution in [0.4, 0.5) is 0 Å². The molecule has 5 heteroatoms. The Bertz CT molecular complexity index is 576. The molecule has 1 heterocycles. The van der Waals surface area contributed by atoms with E-state index >= 15 is 0 Å². The van der Waals surface area contributed by atoms with Gasteiger partial charge in [0.1, 0.15) is 18.5 Å². The van der Waals surface area contributed by atoms with Gasteiger partial charge in [0.2, 0.25) is 0 Å². The first-order chi connectivity index (χ1) is 11.5. The molecule has 0 saturated carbocycles. The Balaban J connectivity index is 1.94. The number of aliphatic hydroxyl groups is 2. The molecule has 0 radical (unpaired) electrons. The maximum atomic E-state index is 11.3. The minimum atomic E-state index is -0.638. The Morgan fingerprint density at radius 1 is 1.20 bits per heavy atom. The zero-order valence-electron chi connectivity index (χ0n) is 16.0. The summed E-state index contributed by atoms with van der Waals surface area (Å²) in [7, 11) is 0. The SMILES string of the molecule is CC(=O)c1ccc(OC[C@@H](O)CN2C(C)(C)CC(O)CC2(C)C)cc1. The van der Waals surface area contributed by atoms with E-state index in [-0.39, 0.29) is 29.6 Å². The fourth-order valence-electron chi connectivity index (χ4n) is 4.00. The van der Waals surface area contributed by atoms with Gasteiger partial charge < -0.3 is 14.9 Å². The predicted octanol–water partition coefficient (Wildman–Crippen LogP) is 2.64. The average Bonchev–Trinajstić information content (AvgIpc) is 2.48. The van der Waals surface area contributed by atoms with Gasteiger partial charge in [-0.2, -0.15) is 0 Å². The number of Topliss-reactive ketones (excluding diaryl/α,β-unsaturated/α-hetero) is 1. The third-order valence-corrected chi connectivity index (χ3v) is 5.03. The van der Waals surface area contributed by atoms with Crippen molar-refractivity contribution in [2.45, 2.75) is 70.7 Å². The second-order valence-electron chi connectivity index (χ2n) is 8.34. The van der Waals surface area contributed by atoms with Crippen molar-refractivity contribution in [3.63, 3.8) is 0 Å². The molecule has 5 nitrogen and oxygen atoms in total. The van der Waals surface area contributed by atoms with Crippen LogP contribution in [0.2, 0.25) is 0 Å². The van der Waals surface area contributed by atoms with Crippen LogP contribution < -0.4 is 4.74 Å². The van der Waals surface area contributed by atoms with E-state index in [0.717, 1.165) is 0 Å². The number of rotatable bonds is 6. The molecule has 1 saturated heterocycles. The quantitative estimate of drug-likeness (QED) is 0.773. The molecule has 1 atom stereocenters. The van der Waals surface area contributed by atoms with Gasteiger partial charge >= 0.3 is 0 Å². The molecule has 140 valence electrons. The number of ether oxygens (including phenoxy) is 1. The summed E-state index contributed by atoms with van der Waals surface area (Å²) >= 11 is 0. The van der Waals surface area contributed by atoms with E-state index in [1.54, 1.807) is 24.3 Å². The van der Waals surface area contributed by atoms with Crippen LogP contribution in [0.3, 0.4) is 0 Å². The zero-order chi connectivity index (χ0) is 18.8. The fourth-order valence-corrected chi connectivity index (χ4v) is 4.00. The van der Waals surface area contributed by atoms with Gasteiger partial charge in [-0.1, -0.05) is 0 Å². The average molecular weight is 349 g/mol. The maximum absolute atomic E-state index is 11.3. The molecule has 2 rings (SSSR count). The number of nitrogens with zero attached hydrogens (tertiary/aromatic N) is 1. The number of hydrogen-bond donors (Lipinski definition) is 2. The Kier molecular flexibility index (Phi) is 5.92. The standard InChI is InChI=1S/C20H31NO4/c1-14(22)15-6-8-18(9-7-15)25-13-17(24)12-21-19(2,3)10-16(23)11-20(21,4)5/h6-9,16-17,23-24H,10-13H2,1-5H3/t17-/m0/s1. The molecule has 0 aliphatic carbocycles. The maximum Gasteiger partial charge on any atom is 0.159 e. The lowest BCUT2D eigenvalue weighted by molar-refractivity contribution is -0.1000. The summed E-state index contributed by atoms with van der Waals surface area (Å²) in [6.07, 6.45) is 0.434. The van der Waals surface area contributed by atoms with E-state index < -0.39 is 6.10 Å². The third kappa shape index (κ3) is 5.03. The summed E-state index contributed by atoms with van der Waals surface area (Å²) in [5.74, 6) is 0.653. The van der Waals surface area contributed by atoms with Crippen molar-refractivity contribution in [2.75, 3.05) is 13.2 Å². The highest BCUT2D eigenvalue weighted by atomic mass is 16.5. The topological polar surface area (TPSA) is 70.0 Å². The van der Waals surface area contributed by atoms with Crippen LogP contribution in [0.25, 0.3) is 0 Å². The minimum absolute atomic E-state index is 0.0170. The number of aliphatic hydroxyl groups excluding tert-OH is 2. The first kappa shape index (κ1) is 19.9. The summed E-state index contributed by atoms with van der Waals surface area (Å²) in [4.78, 5) is 13.5. The van der Waals surface area contributed by atoms with Gasteiger partial charge in [-0.15, -0.1) is 0 Å². The highest BCUT2D eigenvalue weighted by Crippen LogP contribution is 2.38. The smallest absolute Gasteiger partial charge is 0.159 e. The molecule has 1 aromatic rings. The Labute approximate surface area is 150 Å². The molecular weight excluding hydrogens is 318 g/mol. The zero-order valence-corrected chi connectivity index (χ0v) is 16.0. The normalized spacial score (nSPS) is 21.7. The second-order valence-corrected chi connectivity index (χ2v) is 8.34. The van der Waals surface area contributed by atoms with Crippen molar-refractivity contribution in [2.24, 2.45) is 0 Å². The Hall–Kier alpha value is -1.43. The van der Waals surface area contributed by atoms with Crippen molar-refractivity contribution in [1.29, 1.82) is 0 Å². The monoisotopic (exact) mass is 349 g/mol. The molecule has 1 aromatic carbocycles. The van der Waals surface area contributed by atoms with E-state index in [4.69, 9.17) is 4.74 Å². The van der Waals surface area contributed by atoms with Gasteiger partial charge in [0, 0.05) is 23.2 Å². The van der Waals surface area contributed by atoms with Crippen LogP contribution in [-0.4, -0.2) is 57.3 Å². The number of piperidine rings is 1. The number of β-amino-alcohol motifs (C(OH)–C–C–N with tert-alkyl or cyclic N) is 1. The van der Waals surface area contributed by atoms with Gasteiger partial charge in [0.25, 0.3) is 0 Å². The van der Waals surface area contributed by atoms with Crippen molar-refractivity contribution >= 4 is 5.78 Å². The number of ketones is 1. The molecule has 1 fully saturated rings. The van der Waals surface area contributed by atoms with Crippen LogP contribution in [0.1, 0.15) is 57.8 Å². The molecule has 25 heavy (non-hydrogen) atoms. The van der Waals surface area contributed by atoms with Crippen LogP contribution in [0.5, 0.6) is 5.75 Å². The van der Waals surface area contributed by atoms with Crippen molar-refractivity contribution in [3.8, 4) is 5.75 Å². The van der Waals surface area contributed by atoms with Crippen LogP contribution in [-0.2, 0) is 0 Å². The fraction of sp³-hybridized carbons (Fsp3) is 0.650. The van der Waals surface area contributed by atoms with Crippen molar-refractivity contribution < 1.29 is 19.7 Å². The number of benzene rings is 1. The lowest BCUT2D eigenvalue weighted by atomic mass is 9.78. The molecule has 0 amide bonds. The Morgan fingerprint density at radius 3 is 2.20 bits per heavy atom. The predicted molar refractivity (Wildman–Crippen MR) is 98.1 cm³/mol. The molecular formula is C20H31NO4. The second kappa shape index (κ2) is 7.44. The van der Waals surface area contributed by atoms with Gasteiger partial charge in [0.05, 0.1) is 6.10 Å². The molecule has 1 aliphatic rings. The third-order valence-electron chi connectivity index (χ3n) is 5.03. The summed E-state index contributed by atoms with van der Waals surface area (Å²) in [6.45, 7) is 10.6. The number of likely N-dealkylation sites (tertiary alicyclic amines) is 1. The van der Waals surface area contributed by atoms with Gasteiger partial charge in [0.15, 0.2) is 5.78 Å². The van der Waals surface area contributed by atoms with E-state index in [9.17, 15) is 15.0 Å². The first-order valence-electron chi connectivity index (χ1n) is 8.89. The lowest BCUT2D eigenvalue weighted by Crippen LogP contribution is -2.63. The van der Waals surface area contributed by atoms with Crippen molar-refractivity contribution in [1.82, 2.24) is 4.90 Å². The van der Waals surface area contributed by atoms with E-state index in [1.165, 1.54) is 6.92 Å². The highest BCUT2D eigenvalue weighted by molar-refractivity contribution is 5.94. The van der Waals surface area contributed by atoms with Crippen LogP contribution in [0.15, 0.2) is 24.3 Å². The number of carbonyl (C=O) groups excluding carboxylic acids is 1. The van der Waals surface area contributed by atoms with Gasteiger partial charge in [-0.25, -0.2) is 0 Å². The first-order valence-corrected chi connectivity index (χ1v) is 8.89. The van der Waals surface area contributed by atoms with Crippen LogP contribution in [0, 0.1) is 0 Å². The van der Waals surface area contributed by atoms with Crippen molar-refractivity contribution in [3.05, 3.63) is 29.8 Å². The number of carbonyl (C=O) groups is 1. The summed E-state index contributed by atoms with van der Waals surface area (Å²) in [6, 6.07) is 6.94. The number of hydrogen-bond acceptors (Lipinski definition) is 5. The molecule has 2 N–H and O–H groups in total. The summed E-state index contributed by atoms with van der Waals surface area (Å²) < 4.78 is 5.66. The van der Waals surface area contributed by atoms with Crippen LogP contribution >= 0.6 is 0 Å². The van der Waals surface area contributed by atoms with E-state index in [0.29, 0.717) is 30.7 Å². The van der Waals surface area contributed by atoms with E-state index in [1.807, 2.05) is 0 Å². The summed E-state index contributed by atoms with van der Waals surface area (Å²) in [5, 5.41) is 20.6. The molecule has 1 aliphatic heterocycles. The lowest BCUT2D eigenvalue weighted by Gasteiger charge is -2.54. The molecule has 0 aromatic heterocycles. The van der Waals surface area contributed by atoms with Gasteiger partial charge in [-0.3, -0.25) is 9.69 Å². The molecule has 0 bridgehead atoms. The van der Waals surface area contributed by atoms with Gasteiger partial charge in [-0.05, 0) is 71.7 Å². The largest absolute Gasteiger partial charge is 0.491 e. The summed E-state index contributed by atoms with van der Waals surface area (Å²) in [5.41, 5.74) is 0.264.